The summed E-state index contributed by atoms with van der Waals surface area (Å²) < 4.78 is 0. The summed E-state index contributed by atoms with van der Waals surface area (Å²) in [5.74, 6) is 1.02. The molecule has 1 aliphatic carbocycles. The molecule has 1 aromatic heterocycles. The molecule has 1 fully saturated rings. The number of benzene rings is 1. The second kappa shape index (κ2) is 7.66. The van der Waals surface area contributed by atoms with Gasteiger partial charge in [0, 0.05) is 26.3 Å². The Bertz CT molecular complexity index is 695. The zero-order chi connectivity index (χ0) is 17.8. The summed E-state index contributed by atoms with van der Waals surface area (Å²) >= 11 is 0. The number of aromatic nitrogens is 1. The minimum atomic E-state index is -0.235. The van der Waals surface area contributed by atoms with Crippen LogP contribution in [0.5, 0.6) is 0 Å². The molecule has 0 bridgehead atoms. The number of rotatable bonds is 6. The van der Waals surface area contributed by atoms with Gasteiger partial charge in [0.1, 0.15) is 5.82 Å². The molecule has 1 saturated carbocycles. The zero-order valence-corrected chi connectivity index (χ0v) is 14.7. The molecule has 1 unspecified atom stereocenters. The smallest absolute Gasteiger partial charge is 0.253 e. The van der Waals surface area contributed by atoms with E-state index in [0.29, 0.717) is 11.5 Å². The largest absolute Gasteiger partial charge is 0.393 e. The van der Waals surface area contributed by atoms with Crippen LogP contribution in [0.15, 0.2) is 48.7 Å². The van der Waals surface area contributed by atoms with Crippen molar-refractivity contribution in [3.63, 3.8) is 0 Å². The van der Waals surface area contributed by atoms with E-state index in [9.17, 15) is 9.90 Å². The van der Waals surface area contributed by atoms with Gasteiger partial charge in [0.2, 0.25) is 0 Å². The molecule has 1 aromatic carbocycles. The van der Waals surface area contributed by atoms with E-state index in [1.165, 1.54) is 5.56 Å². The van der Waals surface area contributed by atoms with Crippen LogP contribution in [0.3, 0.4) is 0 Å². The molecule has 2 N–H and O–H groups in total. The maximum atomic E-state index is 12.6. The number of aliphatic hydroxyl groups is 1. The van der Waals surface area contributed by atoms with Crippen LogP contribution in [0.4, 0.5) is 5.82 Å². The Kier molecular flexibility index (Phi) is 5.34. The second-order valence-corrected chi connectivity index (χ2v) is 6.95. The molecular weight excluding hydrogens is 314 g/mol. The van der Waals surface area contributed by atoms with E-state index in [1.807, 2.05) is 43.3 Å². The van der Waals surface area contributed by atoms with Crippen LogP contribution >= 0.6 is 0 Å². The first kappa shape index (κ1) is 17.4. The quantitative estimate of drug-likeness (QED) is 0.847. The Hall–Kier alpha value is -2.40. The standard InChI is InChI=1S/C20H25N3O2/c1-23(2)19-9-8-15(13-21-19)20(25)22-18(16-11-17(24)12-16)10-14-6-4-3-5-7-14/h3-9,13,16-18,24H,10-12H2,1-2H3,(H,22,25). The molecule has 0 saturated heterocycles. The third kappa shape index (κ3) is 4.37. The van der Waals surface area contributed by atoms with Crippen molar-refractivity contribution in [2.24, 2.45) is 5.92 Å². The molecule has 1 heterocycles. The molecule has 2 aromatic rings. The Morgan fingerprint density at radius 1 is 1.24 bits per heavy atom. The van der Waals surface area contributed by atoms with Gasteiger partial charge in [-0.3, -0.25) is 4.79 Å². The van der Waals surface area contributed by atoms with Gasteiger partial charge in [0.25, 0.3) is 5.91 Å². The molecule has 25 heavy (non-hydrogen) atoms. The number of nitrogens with one attached hydrogen (secondary N) is 1. The highest BCUT2D eigenvalue weighted by molar-refractivity contribution is 5.94. The summed E-state index contributed by atoms with van der Waals surface area (Å²) in [4.78, 5) is 18.8. The molecule has 5 nitrogen and oxygen atoms in total. The lowest BCUT2D eigenvalue weighted by atomic mass is 9.75. The molecule has 5 heteroatoms. The average molecular weight is 339 g/mol. The van der Waals surface area contributed by atoms with Crippen LogP contribution < -0.4 is 10.2 Å². The van der Waals surface area contributed by atoms with Crippen molar-refractivity contribution in [3.8, 4) is 0 Å². The van der Waals surface area contributed by atoms with Crippen LogP contribution in [0.1, 0.15) is 28.8 Å². The number of hydrogen-bond acceptors (Lipinski definition) is 4. The molecule has 1 amide bonds. The van der Waals surface area contributed by atoms with E-state index in [1.54, 1.807) is 12.3 Å². The Labute approximate surface area is 148 Å². The molecule has 1 atom stereocenters. The average Bonchev–Trinajstić information content (AvgIpc) is 2.59. The Morgan fingerprint density at radius 3 is 2.52 bits per heavy atom. The van der Waals surface area contributed by atoms with Crippen molar-refractivity contribution < 1.29 is 9.90 Å². The lowest BCUT2D eigenvalue weighted by Crippen LogP contribution is -2.48. The predicted molar refractivity (Wildman–Crippen MR) is 98.7 cm³/mol. The predicted octanol–water partition coefficient (Wildman–Crippen LogP) is 2.26. The summed E-state index contributed by atoms with van der Waals surface area (Å²) in [5, 5.41) is 12.8. The van der Waals surface area contributed by atoms with Crippen LogP contribution in [-0.4, -0.2) is 42.2 Å². The summed E-state index contributed by atoms with van der Waals surface area (Å²) in [7, 11) is 3.83. The first-order valence-electron chi connectivity index (χ1n) is 8.69. The van der Waals surface area contributed by atoms with Crippen molar-refractivity contribution in [1.29, 1.82) is 0 Å². The van der Waals surface area contributed by atoms with Crippen LogP contribution in [0, 0.1) is 5.92 Å². The molecule has 0 radical (unpaired) electrons. The van der Waals surface area contributed by atoms with Crippen LogP contribution in [0.25, 0.3) is 0 Å². The number of amides is 1. The van der Waals surface area contributed by atoms with Gasteiger partial charge in [-0.05, 0) is 42.9 Å². The maximum Gasteiger partial charge on any atom is 0.253 e. The number of pyridine rings is 1. The normalized spacial score (nSPS) is 20.4. The summed E-state index contributed by atoms with van der Waals surface area (Å²) in [6.07, 6.45) is 3.64. The van der Waals surface area contributed by atoms with Gasteiger partial charge in [-0.1, -0.05) is 30.3 Å². The first-order valence-corrected chi connectivity index (χ1v) is 8.69. The minimum absolute atomic E-state index is 0.0202. The van der Waals surface area contributed by atoms with E-state index in [4.69, 9.17) is 0 Å². The van der Waals surface area contributed by atoms with E-state index in [0.717, 1.165) is 25.1 Å². The van der Waals surface area contributed by atoms with E-state index < -0.39 is 0 Å². The van der Waals surface area contributed by atoms with Crippen molar-refractivity contribution in [1.82, 2.24) is 10.3 Å². The fourth-order valence-electron chi connectivity index (χ4n) is 3.20. The van der Waals surface area contributed by atoms with Crippen LogP contribution in [-0.2, 0) is 6.42 Å². The van der Waals surface area contributed by atoms with Gasteiger partial charge in [0.15, 0.2) is 0 Å². The maximum absolute atomic E-state index is 12.6. The Balaban J connectivity index is 1.69. The van der Waals surface area contributed by atoms with Gasteiger partial charge < -0.3 is 15.3 Å². The lowest BCUT2D eigenvalue weighted by molar-refractivity contribution is 0.0239. The van der Waals surface area contributed by atoms with E-state index in [-0.39, 0.29) is 18.1 Å². The third-order valence-electron chi connectivity index (χ3n) is 4.80. The van der Waals surface area contributed by atoms with Gasteiger partial charge in [-0.15, -0.1) is 0 Å². The second-order valence-electron chi connectivity index (χ2n) is 6.95. The van der Waals surface area contributed by atoms with E-state index in [2.05, 4.69) is 22.4 Å². The van der Waals surface area contributed by atoms with Crippen molar-refractivity contribution in [2.75, 3.05) is 19.0 Å². The lowest BCUT2D eigenvalue weighted by Gasteiger charge is -2.38. The number of carbonyl (C=O) groups is 1. The third-order valence-corrected chi connectivity index (χ3v) is 4.80. The summed E-state index contributed by atoms with van der Waals surface area (Å²) in [5.41, 5.74) is 1.75. The topological polar surface area (TPSA) is 65.5 Å². The summed E-state index contributed by atoms with van der Waals surface area (Å²) in [6, 6.07) is 13.8. The highest BCUT2D eigenvalue weighted by Gasteiger charge is 2.34. The monoisotopic (exact) mass is 339 g/mol. The number of nitrogens with zero attached hydrogens (tertiary/aromatic N) is 2. The number of carbonyl (C=O) groups excluding carboxylic acids is 1. The molecule has 3 rings (SSSR count). The van der Waals surface area contributed by atoms with Crippen molar-refractivity contribution in [3.05, 3.63) is 59.8 Å². The number of anilines is 1. The molecule has 0 spiro atoms. The molecular formula is C20H25N3O2. The zero-order valence-electron chi connectivity index (χ0n) is 14.7. The van der Waals surface area contributed by atoms with Crippen molar-refractivity contribution in [2.45, 2.75) is 31.4 Å². The van der Waals surface area contributed by atoms with Gasteiger partial charge in [-0.2, -0.15) is 0 Å². The highest BCUT2D eigenvalue weighted by Crippen LogP contribution is 2.32. The fourth-order valence-corrected chi connectivity index (χ4v) is 3.20. The van der Waals surface area contributed by atoms with Gasteiger partial charge in [-0.25, -0.2) is 4.98 Å². The summed E-state index contributed by atoms with van der Waals surface area (Å²) in [6.45, 7) is 0. The first-order chi connectivity index (χ1) is 12.0. The fraction of sp³-hybridized carbons (Fsp3) is 0.400. The SMILES string of the molecule is CN(C)c1ccc(C(=O)NC(Cc2ccccc2)C2CC(O)C2)cn1. The van der Waals surface area contributed by atoms with E-state index >= 15 is 0 Å². The number of hydrogen-bond donors (Lipinski definition) is 2. The molecule has 1 aliphatic rings. The van der Waals surface area contributed by atoms with Gasteiger partial charge >= 0.3 is 0 Å². The number of aliphatic hydroxyl groups excluding tert-OH is 1. The van der Waals surface area contributed by atoms with Gasteiger partial charge in [0.05, 0.1) is 11.7 Å². The molecule has 132 valence electrons. The molecule has 0 aliphatic heterocycles. The highest BCUT2D eigenvalue weighted by atomic mass is 16.3. The Morgan fingerprint density at radius 2 is 1.96 bits per heavy atom. The minimum Gasteiger partial charge on any atom is -0.393 e. The van der Waals surface area contributed by atoms with Crippen molar-refractivity contribution >= 4 is 11.7 Å². The van der Waals surface area contributed by atoms with Crippen LogP contribution in [0.2, 0.25) is 0 Å².